The first-order valence-electron chi connectivity index (χ1n) is 6.77. The van der Waals surface area contributed by atoms with E-state index in [0.717, 1.165) is 12.1 Å². The van der Waals surface area contributed by atoms with E-state index in [1.807, 2.05) is 0 Å². The summed E-state index contributed by atoms with van der Waals surface area (Å²) in [5.41, 5.74) is -2.72. The third-order valence-electron chi connectivity index (χ3n) is 3.40. The number of hydrogen-bond acceptors (Lipinski definition) is 3. The van der Waals surface area contributed by atoms with Gasteiger partial charge in [-0.15, -0.1) is 0 Å². The molecule has 0 bridgehead atoms. The molecule has 0 aliphatic carbocycles. The van der Waals surface area contributed by atoms with Crippen molar-refractivity contribution in [2.75, 3.05) is 0 Å². The zero-order chi connectivity index (χ0) is 16.6. The van der Waals surface area contributed by atoms with Crippen LogP contribution in [0.2, 0.25) is 0 Å². The summed E-state index contributed by atoms with van der Waals surface area (Å²) in [5, 5.41) is 10.5. The Balaban J connectivity index is 3.16. The largest absolute Gasteiger partial charge is 0.460 e. The number of hydrogen-bond donors (Lipinski definition) is 1. The highest BCUT2D eigenvalue weighted by Gasteiger charge is 2.40. The van der Waals surface area contributed by atoms with E-state index in [1.165, 1.54) is 20.8 Å². The number of esters is 1. The van der Waals surface area contributed by atoms with E-state index in [-0.39, 0.29) is 11.1 Å². The molecule has 1 aromatic carbocycles. The summed E-state index contributed by atoms with van der Waals surface area (Å²) in [6, 6.07) is 1.92. The third-order valence-corrected chi connectivity index (χ3v) is 3.40. The van der Waals surface area contributed by atoms with Gasteiger partial charge in [-0.3, -0.25) is 4.79 Å². The van der Waals surface area contributed by atoms with E-state index < -0.39 is 34.7 Å². The van der Waals surface area contributed by atoms with Gasteiger partial charge in [0.2, 0.25) is 0 Å². The van der Waals surface area contributed by atoms with Crippen LogP contribution in [0.15, 0.2) is 12.1 Å². The van der Waals surface area contributed by atoms with Crippen LogP contribution in [0.1, 0.15) is 45.7 Å². The molecule has 0 aliphatic heterocycles. The van der Waals surface area contributed by atoms with Gasteiger partial charge in [-0.1, -0.05) is 0 Å². The number of benzene rings is 1. The summed E-state index contributed by atoms with van der Waals surface area (Å²) in [4.78, 5) is 12.0. The van der Waals surface area contributed by atoms with Crippen molar-refractivity contribution in [2.45, 2.75) is 52.7 Å². The molecular formula is C16H22F2O3. The van der Waals surface area contributed by atoms with Gasteiger partial charge in [0.05, 0.1) is 5.92 Å². The van der Waals surface area contributed by atoms with Crippen molar-refractivity contribution in [3.8, 4) is 0 Å². The van der Waals surface area contributed by atoms with Crippen molar-refractivity contribution < 1.29 is 23.4 Å². The summed E-state index contributed by atoms with van der Waals surface area (Å²) in [5.74, 6) is -3.11. The molecule has 3 nitrogen and oxygen atoms in total. The summed E-state index contributed by atoms with van der Waals surface area (Å²) >= 11 is 0. The number of aryl methyl sites for hydroxylation is 1. The Morgan fingerprint density at radius 1 is 1.19 bits per heavy atom. The molecule has 1 N–H and O–H groups in total. The van der Waals surface area contributed by atoms with Crippen LogP contribution in [0.3, 0.4) is 0 Å². The van der Waals surface area contributed by atoms with Crippen molar-refractivity contribution in [2.24, 2.45) is 5.92 Å². The number of carbonyl (C=O) groups is 1. The number of aliphatic hydroxyl groups is 1. The second-order valence-electron chi connectivity index (χ2n) is 6.48. The average Bonchev–Trinajstić information content (AvgIpc) is 2.30. The Labute approximate surface area is 123 Å². The summed E-state index contributed by atoms with van der Waals surface area (Å²) < 4.78 is 32.8. The number of halogens is 2. The SMILES string of the molecule is Cc1cc(F)c(C(C)(O)C(C)C(=O)OC(C)(C)C)cc1F. The maximum Gasteiger partial charge on any atom is 0.312 e. The van der Waals surface area contributed by atoms with Gasteiger partial charge in [0, 0.05) is 5.56 Å². The Hall–Kier alpha value is -1.49. The van der Waals surface area contributed by atoms with E-state index in [9.17, 15) is 18.7 Å². The highest BCUT2D eigenvalue weighted by molar-refractivity contribution is 5.74. The molecule has 0 amide bonds. The quantitative estimate of drug-likeness (QED) is 0.870. The van der Waals surface area contributed by atoms with Crippen molar-refractivity contribution in [1.29, 1.82) is 0 Å². The lowest BCUT2D eigenvalue weighted by atomic mass is 9.83. The zero-order valence-corrected chi connectivity index (χ0v) is 13.3. The third kappa shape index (κ3) is 4.00. The summed E-state index contributed by atoms with van der Waals surface area (Å²) in [6.07, 6.45) is 0. The molecule has 0 fully saturated rings. The second kappa shape index (κ2) is 5.72. The van der Waals surface area contributed by atoms with Crippen LogP contribution < -0.4 is 0 Å². The predicted molar refractivity (Wildman–Crippen MR) is 75.7 cm³/mol. The van der Waals surface area contributed by atoms with E-state index in [2.05, 4.69) is 0 Å². The number of carbonyl (C=O) groups excluding carboxylic acids is 1. The minimum atomic E-state index is -1.87. The first-order chi connectivity index (χ1) is 9.36. The lowest BCUT2D eigenvalue weighted by Gasteiger charge is -2.32. The minimum Gasteiger partial charge on any atom is -0.460 e. The van der Waals surface area contributed by atoms with Crippen molar-refractivity contribution in [3.05, 3.63) is 34.9 Å². The van der Waals surface area contributed by atoms with Crippen LogP contribution in [-0.2, 0) is 15.1 Å². The second-order valence-corrected chi connectivity index (χ2v) is 6.48. The van der Waals surface area contributed by atoms with E-state index in [0.29, 0.717) is 0 Å². The maximum atomic E-state index is 14.0. The zero-order valence-electron chi connectivity index (χ0n) is 13.3. The molecule has 0 radical (unpaired) electrons. The Morgan fingerprint density at radius 3 is 2.19 bits per heavy atom. The fourth-order valence-corrected chi connectivity index (χ4v) is 1.89. The number of ether oxygens (including phenoxy) is 1. The topological polar surface area (TPSA) is 46.5 Å². The van der Waals surface area contributed by atoms with Crippen LogP contribution in [0.25, 0.3) is 0 Å². The molecule has 2 unspecified atom stereocenters. The van der Waals surface area contributed by atoms with Gasteiger partial charge in [-0.2, -0.15) is 0 Å². The molecule has 0 saturated carbocycles. The Morgan fingerprint density at radius 2 is 1.71 bits per heavy atom. The minimum absolute atomic E-state index is 0.136. The molecule has 0 aliphatic rings. The highest BCUT2D eigenvalue weighted by Crippen LogP contribution is 2.33. The van der Waals surface area contributed by atoms with Crippen LogP contribution in [0.4, 0.5) is 8.78 Å². The monoisotopic (exact) mass is 300 g/mol. The summed E-state index contributed by atoms with van der Waals surface area (Å²) in [6.45, 7) is 9.20. The fraction of sp³-hybridized carbons (Fsp3) is 0.562. The van der Waals surface area contributed by atoms with Crippen LogP contribution in [0, 0.1) is 24.5 Å². The molecule has 0 saturated heterocycles. The van der Waals surface area contributed by atoms with Gasteiger partial charge in [0.15, 0.2) is 0 Å². The van der Waals surface area contributed by atoms with Gasteiger partial charge < -0.3 is 9.84 Å². The van der Waals surface area contributed by atoms with Gasteiger partial charge in [0.1, 0.15) is 22.8 Å². The van der Waals surface area contributed by atoms with Crippen molar-refractivity contribution in [1.82, 2.24) is 0 Å². The van der Waals surface area contributed by atoms with Crippen molar-refractivity contribution in [3.63, 3.8) is 0 Å². The molecule has 1 aromatic rings. The van der Waals surface area contributed by atoms with E-state index >= 15 is 0 Å². The normalized spacial score (nSPS) is 16.2. The molecule has 0 spiro atoms. The van der Waals surface area contributed by atoms with E-state index in [4.69, 9.17) is 4.74 Å². The lowest BCUT2D eigenvalue weighted by Crippen LogP contribution is -2.40. The van der Waals surface area contributed by atoms with Crippen LogP contribution >= 0.6 is 0 Å². The maximum absolute atomic E-state index is 14.0. The van der Waals surface area contributed by atoms with Crippen LogP contribution in [0.5, 0.6) is 0 Å². The lowest BCUT2D eigenvalue weighted by molar-refractivity contribution is -0.168. The van der Waals surface area contributed by atoms with Crippen LogP contribution in [-0.4, -0.2) is 16.7 Å². The molecular weight excluding hydrogens is 278 g/mol. The number of rotatable bonds is 3. The summed E-state index contributed by atoms with van der Waals surface area (Å²) in [7, 11) is 0. The average molecular weight is 300 g/mol. The van der Waals surface area contributed by atoms with Gasteiger partial charge in [-0.25, -0.2) is 8.78 Å². The molecule has 5 heteroatoms. The molecule has 1 rings (SSSR count). The molecule has 118 valence electrons. The van der Waals surface area contributed by atoms with E-state index in [1.54, 1.807) is 20.8 Å². The van der Waals surface area contributed by atoms with Gasteiger partial charge >= 0.3 is 5.97 Å². The molecule has 2 atom stereocenters. The smallest absolute Gasteiger partial charge is 0.312 e. The first kappa shape index (κ1) is 17.6. The molecule has 0 aromatic heterocycles. The van der Waals surface area contributed by atoms with Crippen molar-refractivity contribution >= 4 is 5.97 Å². The van der Waals surface area contributed by atoms with Gasteiger partial charge in [0.25, 0.3) is 0 Å². The Bertz CT molecular complexity index is 545. The Kier molecular flexibility index (Phi) is 4.78. The molecule has 21 heavy (non-hydrogen) atoms. The molecule has 0 heterocycles. The first-order valence-corrected chi connectivity index (χ1v) is 6.77. The standard InChI is InChI=1S/C16H22F2O3/c1-9-7-13(18)11(8-12(9)17)16(6,20)10(2)14(19)21-15(3,4)5/h7-8,10,20H,1-6H3. The highest BCUT2D eigenvalue weighted by atomic mass is 19.1. The van der Waals surface area contributed by atoms with Gasteiger partial charge in [-0.05, 0) is 59.2 Å². The fourth-order valence-electron chi connectivity index (χ4n) is 1.89. The predicted octanol–water partition coefficient (Wildman–Crippen LogP) is 3.46.